The van der Waals surface area contributed by atoms with Crippen LogP contribution in [-0.4, -0.2) is 29.0 Å². The van der Waals surface area contributed by atoms with Crippen molar-refractivity contribution in [1.82, 2.24) is 4.98 Å². The Kier molecular flexibility index (Phi) is 7.22. The van der Waals surface area contributed by atoms with E-state index in [1.54, 1.807) is 0 Å². The molecule has 2 N–H and O–H groups in total. The van der Waals surface area contributed by atoms with Gasteiger partial charge in [0.15, 0.2) is 6.61 Å². The summed E-state index contributed by atoms with van der Waals surface area (Å²) in [5.41, 5.74) is 5.07. The van der Waals surface area contributed by atoms with Gasteiger partial charge < -0.3 is 14.7 Å². The van der Waals surface area contributed by atoms with E-state index >= 15 is 0 Å². The fourth-order valence-corrected chi connectivity index (χ4v) is 4.07. The van der Waals surface area contributed by atoms with Gasteiger partial charge >= 0.3 is 4.87 Å². The average Bonchev–Trinajstić information content (AvgIpc) is 3.16. The van der Waals surface area contributed by atoms with Crippen molar-refractivity contribution in [2.24, 2.45) is 5.16 Å². The Morgan fingerprint density at radius 2 is 1.73 bits per heavy atom. The fourth-order valence-electron chi connectivity index (χ4n) is 3.31. The number of benzene rings is 3. The van der Waals surface area contributed by atoms with E-state index in [1.165, 1.54) is 0 Å². The van der Waals surface area contributed by atoms with Gasteiger partial charge in [-0.1, -0.05) is 77.2 Å². The molecule has 0 amide bonds. The Labute approximate surface area is 195 Å². The zero-order chi connectivity index (χ0) is 23.0. The normalized spacial score (nSPS) is 11.4. The molecule has 0 aliphatic rings. The summed E-state index contributed by atoms with van der Waals surface area (Å²) < 4.78 is 5.71. The molecule has 6 nitrogen and oxygen atoms in total. The lowest BCUT2D eigenvalue weighted by atomic mass is 10.0. The molecule has 0 spiro atoms. The number of hydrogen-bond donors (Lipinski definition) is 2. The second-order valence-corrected chi connectivity index (χ2v) is 8.48. The van der Waals surface area contributed by atoms with Crippen LogP contribution >= 0.6 is 11.3 Å². The summed E-state index contributed by atoms with van der Waals surface area (Å²) in [6, 6.07) is 25.9. The topological polar surface area (TPSA) is 83.9 Å². The van der Waals surface area contributed by atoms with E-state index in [0.29, 0.717) is 30.3 Å². The summed E-state index contributed by atoms with van der Waals surface area (Å²) in [5.74, 6) is 0.648. The molecule has 4 aromatic rings. The molecule has 0 bridgehead atoms. The molecule has 1 aromatic heterocycles. The van der Waals surface area contributed by atoms with Crippen LogP contribution in [0, 0.1) is 0 Å². The standard InChI is InChI=1S/C26H24N2O4S/c1-18(21-8-5-9-22(17-21)20-6-3-2-4-7-20)28-32-15-14-31-23-12-10-19(11-13-23)16-24-25(29)27-26(30)33-24/h2-13,17,29H,14-16H2,1H3,(H,27,30)/b28-18+. The van der Waals surface area contributed by atoms with E-state index in [4.69, 9.17) is 9.57 Å². The number of ether oxygens (including phenoxy) is 1. The van der Waals surface area contributed by atoms with Gasteiger partial charge in [0.1, 0.15) is 12.4 Å². The third-order valence-electron chi connectivity index (χ3n) is 5.02. The van der Waals surface area contributed by atoms with Gasteiger partial charge in [-0.25, -0.2) is 0 Å². The summed E-state index contributed by atoms with van der Waals surface area (Å²) in [4.78, 5) is 19.5. The number of nitrogens with zero attached hydrogens (tertiary/aromatic N) is 1. The van der Waals surface area contributed by atoms with Crippen LogP contribution in [0.25, 0.3) is 11.1 Å². The maximum absolute atomic E-state index is 11.3. The minimum absolute atomic E-state index is 0.0647. The summed E-state index contributed by atoms with van der Waals surface area (Å²) >= 11 is 1.01. The van der Waals surface area contributed by atoms with Crippen molar-refractivity contribution < 1.29 is 14.7 Å². The molecule has 0 fully saturated rings. The largest absolute Gasteiger partial charge is 0.494 e. The van der Waals surface area contributed by atoms with Crippen molar-refractivity contribution in [3.05, 3.63) is 105 Å². The number of aromatic amines is 1. The molecule has 168 valence electrons. The highest BCUT2D eigenvalue weighted by atomic mass is 32.1. The number of rotatable bonds is 9. The number of thiazole rings is 1. The average molecular weight is 461 g/mol. The molecule has 0 unspecified atom stereocenters. The van der Waals surface area contributed by atoms with Crippen molar-refractivity contribution in [2.75, 3.05) is 13.2 Å². The molecule has 7 heteroatoms. The smallest absolute Gasteiger partial charge is 0.307 e. The van der Waals surface area contributed by atoms with E-state index in [9.17, 15) is 9.90 Å². The second-order valence-electron chi connectivity index (χ2n) is 7.41. The summed E-state index contributed by atoms with van der Waals surface area (Å²) in [6.07, 6.45) is 0.484. The summed E-state index contributed by atoms with van der Waals surface area (Å²) in [7, 11) is 0. The van der Waals surface area contributed by atoms with Crippen LogP contribution in [0.3, 0.4) is 0 Å². The van der Waals surface area contributed by atoms with Crippen LogP contribution in [0.5, 0.6) is 11.6 Å². The van der Waals surface area contributed by atoms with Crippen molar-refractivity contribution in [3.63, 3.8) is 0 Å². The molecule has 1 heterocycles. The molecular formula is C26H24N2O4S. The van der Waals surface area contributed by atoms with Crippen LogP contribution in [0.2, 0.25) is 0 Å². The molecule has 4 rings (SSSR count). The number of aromatic hydroxyl groups is 1. The first-order valence-corrected chi connectivity index (χ1v) is 11.4. The Morgan fingerprint density at radius 1 is 0.970 bits per heavy atom. The predicted molar refractivity (Wildman–Crippen MR) is 131 cm³/mol. The minimum Gasteiger partial charge on any atom is -0.494 e. The Bertz CT molecular complexity index is 1280. The van der Waals surface area contributed by atoms with Gasteiger partial charge in [-0.3, -0.25) is 9.78 Å². The number of aromatic nitrogens is 1. The van der Waals surface area contributed by atoms with Crippen LogP contribution in [0.4, 0.5) is 0 Å². The molecule has 33 heavy (non-hydrogen) atoms. The number of nitrogens with one attached hydrogen (secondary N) is 1. The molecule has 0 aliphatic heterocycles. The quantitative estimate of drug-likeness (QED) is 0.204. The first kappa shape index (κ1) is 22.4. The molecule has 0 aliphatic carbocycles. The van der Waals surface area contributed by atoms with Gasteiger partial charge in [-0.15, -0.1) is 0 Å². The van der Waals surface area contributed by atoms with E-state index in [-0.39, 0.29) is 10.8 Å². The van der Waals surface area contributed by atoms with Crippen molar-refractivity contribution >= 4 is 17.0 Å². The summed E-state index contributed by atoms with van der Waals surface area (Å²) in [5, 5.41) is 13.9. The van der Waals surface area contributed by atoms with Gasteiger partial charge in [0.25, 0.3) is 0 Å². The SMILES string of the molecule is C/C(=N\OCCOc1ccc(Cc2sc(=O)[nH]c2O)cc1)c1cccc(-c2ccccc2)c1. The van der Waals surface area contributed by atoms with Gasteiger partial charge in [0.2, 0.25) is 5.88 Å². The zero-order valence-corrected chi connectivity index (χ0v) is 19.0. The molecule has 0 atom stereocenters. The highest BCUT2D eigenvalue weighted by Gasteiger charge is 2.08. The van der Waals surface area contributed by atoms with Gasteiger partial charge in [0, 0.05) is 6.42 Å². The van der Waals surface area contributed by atoms with Crippen LogP contribution in [0.15, 0.2) is 88.8 Å². The lowest BCUT2D eigenvalue weighted by molar-refractivity contribution is 0.107. The molecule has 3 aromatic carbocycles. The Hall–Kier alpha value is -3.84. The fraction of sp³-hybridized carbons (Fsp3) is 0.154. The summed E-state index contributed by atoms with van der Waals surface area (Å²) in [6.45, 7) is 2.60. The van der Waals surface area contributed by atoms with Gasteiger partial charge in [0.05, 0.1) is 10.6 Å². The number of H-pyrrole nitrogens is 1. The lowest BCUT2D eigenvalue weighted by Crippen LogP contribution is -2.05. The van der Waals surface area contributed by atoms with Crippen LogP contribution in [-0.2, 0) is 11.3 Å². The maximum atomic E-state index is 11.3. The van der Waals surface area contributed by atoms with Gasteiger partial charge in [-0.2, -0.15) is 0 Å². The van der Waals surface area contributed by atoms with E-state index in [2.05, 4.69) is 34.4 Å². The second kappa shape index (κ2) is 10.7. The van der Waals surface area contributed by atoms with E-state index in [0.717, 1.165) is 39.3 Å². The van der Waals surface area contributed by atoms with Crippen LogP contribution in [0.1, 0.15) is 22.9 Å². The number of oxime groups is 1. The van der Waals surface area contributed by atoms with E-state index < -0.39 is 0 Å². The minimum atomic E-state index is -0.260. The molecule has 0 saturated carbocycles. The third-order valence-corrected chi connectivity index (χ3v) is 5.89. The lowest BCUT2D eigenvalue weighted by Gasteiger charge is -2.08. The highest BCUT2D eigenvalue weighted by Crippen LogP contribution is 2.22. The van der Waals surface area contributed by atoms with Crippen LogP contribution < -0.4 is 9.61 Å². The predicted octanol–water partition coefficient (Wildman–Crippen LogP) is 5.22. The monoisotopic (exact) mass is 460 g/mol. The van der Waals surface area contributed by atoms with Crippen molar-refractivity contribution in [2.45, 2.75) is 13.3 Å². The zero-order valence-electron chi connectivity index (χ0n) is 18.2. The number of hydrogen-bond acceptors (Lipinski definition) is 6. The third kappa shape index (κ3) is 6.11. The maximum Gasteiger partial charge on any atom is 0.307 e. The van der Waals surface area contributed by atoms with Crippen molar-refractivity contribution in [1.29, 1.82) is 0 Å². The van der Waals surface area contributed by atoms with E-state index in [1.807, 2.05) is 61.5 Å². The first-order chi connectivity index (χ1) is 16.1. The molecule has 0 saturated heterocycles. The molecule has 0 radical (unpaired) electrons. The highest BCUT2D eigenvalue weighted by molar-refractivity contribution is 7.09. The Morgan fingerprint density at radius 3 is 2.45 bits per heavy atom. The first-order valence-electron chi connectivity index (χ1n) is 10.5. The van der Waals surface area contributed by atoms with Crippen molar-refractivity contribution in [3.8, 4) is 22.8 Å². The Balaban J connectivity index is 1.25. The molecular weight excluding hydrogens is 436 g/mol. The van der Waals surface area contributed by atoms with Gasteiger partial charge in [-0.05, 0) is 47.4 Å².